The molecule has 0 heterocycles. The molecule has 0 aliphatic carbocycles. The Balaban J connectivity index is 3.35. The first kappa shape index (κ1) is 89.3. The molecule has 6 heteroatoms. The molecule has 0 fully saturated rings. The second kappa shape index (κ2) is 80.8. The lowest BCUT2D eigenvalue weighted by Crippen LogP contribution is -2.45. The van der Waals surface area contributed by atoms with Gasteiger partial charge in [-0.15, -0.1) is 0 Å². The average Bonchev–Trinajstić information content (AvgIpc) is 3.75. The van der Waals surface area contributed by atoms with Gasteiger partial charge in [0, 0.05) is 12.8 Å². The van der Waals surface area contributed by atoms with Crippen LogP contribution in [0.5, 0.6) is 0 Å². The van der Waals surface area contributed by atoms with Gasteiger partial charge in [-0.2, -0.15) is 0 Å². The quantitative estimate of drug-likeness (QED) is 0.0320. The minimum atomic E-state index is -0.843. The number of carbonyl (C=O) groups excluding carboxylic acids is 2. The van der Waals surface area contributed by atoms with E-state index in [-0.39, 0.29) is 18.5 Å². The maximum atomic E-state index is 12.6. The average molecular weight is 1280 g/mol. The van der Waals surface area contributed by atoms with Gasteiger partial charge in [-0.05, 0) is 57.8 Å². The van der Waals surface area contributed by atoms with E-state index < -0.39 is 12.1 Å². The SMILES string of the molecule is CCCCCCCCCCCCCCCCCCCCCCCC/C=C/C(O)C(CO)NC(=O)CCCCCCCCCCCCCCCCCCC/C=C\CCCCCCCCCCCCCCCCCCCCOC(=O)CCCCCCCCCCCCC. The van der Waals surface area contributed by atoms with Crippen LogP contribution in [0.3, 0.4) is 0 Å². The van der Waals surface area contributed by atoms with Crippen LogP contribution in [0.2, 0.25) is 0 Å². The van der Waals surface area contributed by atoms with Gasteiger partial charge in [-0.3, -0.25) is 9.59 Å². The predicted molar refractivity (Wildman–Crippen MR) is 403 cm³/mol. The highest BCUT2D eigenvalue weighted by atomic mass is 16.5. The van der Waals surface area contributed by atoms with Gasteiger partial charge < -0.3 is 20.3 Å². The molecule has 0 aromatic rings. The Morgan fingerprint density at radius 3 is 0.780 bits per heavy atom. The molecule has 2 atom stereocenters. The molecule has 0 bridgehead atoms. The van der Waals surface area contributed by atoms with Crippen molar-refractivity contribution in [2.45, 2.75) is 495 Å². The molecule has 540 valence electrons. The second-order valence-electron chi connectivity index (χ2n) is 29.2. The molecule has 0 rings (SSSR count). The molecule has 0 saturated heterocycles. The van der Waals surface area contributed by atoms with Crippen LogP contribution in [0.25, 0.3) is 0 Å². The van der Waals surface area contributed by atoms with Gasteiger partial charge in [-0.1, -0.05) is 436 Å². The van der Waals surface area contributed by atoms with E-state index in [1.807, 2.05) is 6.08 Å². The standard InChI is InChI=1S/C85H165NO5/c1-3-5-7-9-11-13-15-16-17-18-19-20-21-39-42-45-48-51-54-58-61-65-69-73-77-83(88)82(81-87)86-84(89)78-74-70-66-62-59-55-52-49-46-43-40-37-35-33-31-29-27-25-23-22-24-26-28-30-32-34-36-38-41-44-47-50-53-56-60-64-68-72-76-80-91-85(90)79-75-71-67-63-57-14-12-10-8-6-4-2/h22-23,73,77,82-83,87-88H,3-21,24-72,74-76,78-81H2,1-2H3,(H,86,89)/b23-22-,77-73+. The lowest BCUT2D eigenvalue weighted by Gasteiger charge is -2.20. The van der Waals surface area contributed by atoms with E-state index in [4.69, 9.17) is 4.74 Å². The van der Waals surface area contributed by atoms with Gasteiger partial charge in [0.2, 0.25) is 5.91 Å². The second-order valence-corrected chi connectivity index (χ2v) is 29.2. The van der Waals surface area contributed by atoms with Crippen LogP contribution in [-0.2, 0) is 14.3 Å². The number of aliphatic hydroxyl groups excluding tert-OH is 2. The minimum absolute atomic E-state index is 0.0229. The molecule has 0 aromatic heterocycles. The highest BCUT2D eigenvalue weighted by Crippen LogP contribution is 2.20. The van der Waals surface area contributed by atoms with Gasteiger partial charge in [0.15, 0.2) is 0 Å². The number of nitrogens with one attached hydrogen (secondary N) is 1. The Hall–Kier alpha value is -1.66. The molecular weight excluding hydrogens is 1110 g/mol. The molecule has 0 aromatic carbocycles. The van der Waals surface area contributed by atoms with Crippen LogP contribution in [0.15, 0.2) is 24.3 Å². The fourth-order valence-corrected chi connectivity index (χ4v) is 13.6. The van der Waals surface area contributed by atoms with Crippen LogP contribution in [0, 0.1) is 0 Å². The Labute approximate surface area is 571 Å². The number of ether oxygens (including phenoxy) is 1. The number of rotatable bonds is 80. The Morgan fingerprint density at radius 1 is 0.297 bits per heavy atom. The predicted octanol–water partition coefficient (Wildman–Crippen LogP) is 28.0. The van der Waals surface area contributed by atoms with Crippen LogP contribution in [0.1, 0.15) is 483 Å². The highest BCUT2D eigenvalue weighted by molar-refractivity contribution is 5.76. The zero-order chi connectivity index (χ0) is 65.6. The lowest BCUT2D eigenvalue weighted by atomic mass is 10.0. The first-order valence-corrected chi connectivity index (χ1v) is 42.1. The molecule has 0 aliphatic rings. The number of amides is 1. The molecule has 6 nitrogen and oxygen atoms in total. The van der Waals surface area contributed by atoms with E-state index in [1.165, 1.54) is 417 Å². The molecule has 0 spiro atoms. The minimum Gasteiger partial charge on any atom is -0.466 e. The first-order chi connectivity index (χ1) is 45.0. The van der Waals surface area contributed by atoms with Crippen LogP contribution in [0.4, 0.5) is 0 Å². The summed E-state index contributed by atoms with van der Waals surface area (Å²) in [5.41, 5.74) is 0. The summed E-state index contributed by atoms with van der Waals surface area (Å²) in [7, 11) is 0. The van der Waals surface area contributed by atoms with Gasteiger partial charge in [0.25, 0.3) is 0 Å². The summed E-state index contributed by atoms with van der Waals surface area (Å²) in [5, 5.41) is 23.3. The third-order valence-electron chi connectivity index (χ3n) is 20.0. The third-order valence-corrected chi connectivity index (χ3v) is 20.0. The van der Waals surface area contributed by atoms with E-state index in [2.05, 4.69) is 31.3 Å². The van der Waals surface area contributed by atoms with Crippen molar-refractivity contribution < 1.29 is 24.5 Å². The van der Waals surface area contributed by atoms with E-state index >= 15 is 0 Å². The maximum Gasteiger partial charge on any atom is 0.305 e. The maximum absolute atomic E-state index is 12.6. The van der Waals surface area contributed by atoms with E-state index in [0.717, 1.165) is 38.5 Å². The van der Waals surface area contributed by atoms with Crippen molar-refractivity contribution in [1.82, 2.24) is 5.32 Å². The van der Waals surface area contributed by atoms with E-state index in [9.17, 15) is 19.8 Å². The summed E-state index contributed by atoms with van der Waals surface area (Å²) in [6.07, 6.45) is 105. The van der Waals surface area contributed by atoms with Gasteiger partial charge in [0.05, 0.1) is 25.4 Å². The molecule has 1 amide bonds. The summed E-state index contributed by atoms with van der Waals surface area (Å²) >= 11 is 0. The summed E-state index contributed by atoms with van der Waals surface area (Å²) < 4.78 is 5.48. The number of hydrogen-bond donors (Lipinski definition) is 3. The summed E-state index contributed by atoms with van der Waals surface area (Å²) in [6, 6.07) is -0.626. The van der Waals surface area contributed by atoms with Gasteiger partial charge in [0.1, 0.15) is 0 Å². The number of unbranched alkanes of at least 4 members (excludes halogenated alkanes) is 67. The van der Waals surface area contributed by atoms with Crippen molar-refractivity contribution in [3.05, 3.63) is 24.3 Å². The van der Waals surface area contributed by atoms with Crippen molar-refractivity contribution >= 4 is 11.9 Å². The fourth-order valence-electron chi connectivity index (χ4n) is 13.6. The van der Waals surface area contributed by atoms with Gasteiger partial charge >= 0.3 is 5.97 Å². The van der Waals surface area contributed by atoms with Gasteiger partial charge in [-0.25, -0.2) is 0 Å². The fraction of sp³-hybridized carbons (Fsp3) is 0.929. The van der Waals surface area contributed by atoms with Crippen molar-refractivity contribution in [2.75, 3.05) is 13.2 Å². The largest absolute Gasteiger partial charge is 0.466 e. The smallest absolute Gasteiger partial charge is 0.305 e. The molecular formula is C85H165NO5. The van der Waals surface area contributed by atoms with Crippen LogP contribution in [-0.4, -0.2) is 47.4 Å². The van der Waals surface area contributed by atoms with Crippen LogP contribution < -0.4 is 5.32 Å². The normalized spacial score (nSPS) is 12.5. The third kappa shape index (κ3) is 77.2. The van der Waals surface area contributed by atoms with E-state index in [1.54, 1.807) is 6.08 Å². The Morgan fingerprint density at radius 2 is 0.516 bits per heavy atom. The van der Waals surface area contributed by atoms with Crippen molar-refractivity contribution in [2.24, 2.45) is 0 Å². The summed E-state index contributed by atoms with van der Waals surface area (Å²) in [6.45, 7) is 4.96. The summed E-state index contributed by atoms with van der Waals surface area (Å²) in [4.78, 5) is 24.6. The molecule has 91 heavy (non-hydrogen) atoms. The zero-order valence-electron chi connectivity index (χ0n) is 62.1. The Kier molecular flexibility index (Phi) is 79.3. The number of aliphatic hydroxyl groups is 2. The van der Waals surface area contributed by atoms with Crippen LogP contribution >= 0.6 is 0 Å². The molecule has 3 N–H and O–H groups in total. The van der Waals surface area contributed by atoms with Crippen molar-refractivity contribution in [1.29, 1.82) is 0 Å². The molecule has 2 unspecified atom stereocenters. The number of hydrogen-bond acceptors (Lipinski definition) is 5. The molecule has 0 saturated carbocycles. The summed E-state index contributed by atoms with van der Waals surface area (Å²) in [5.74, 6) is -0.0350. The lowest BCUT2D eigenvalue weighted by molar-refractivity contribution is -0.143. The Bertz CT molecular complexity index is 1430. The van der Waals surface area contributed by atoms with Crippen molar-refractivity contribution in [3.63, 3.8) is 0 Å². The van der Waals surface area contributed by atoms with Crippen molar-refractivity contribution in [3.8, 4) is 0 Å². The molecule has 0 aliphatic heterocycles. The zero-order valence-corrected chi connectivity index (χ0v) is 62.1. The highest BCUT2D eigenvalue weighted by Gasteiger charge is 2.18. The number of esters is 1. The van der Waals surface area contributed by atoms with E-state index in [0.29, 0.717) is 19.4 Å². The first-order valence-electron chi connectivity index (χ1n) is 42.1. The number of allylic oxidation sites excluding steroid dienone is 3. The topological polar surface area (TPSA) is 95.9 Å². The monoisotopic (exact) mass is 1280 g/mol. The number of carbonyl (C=O) groups is 2. The molecule has 0 radical (unpaired) electrons.